The normalized spacial score (nSPS) is 26.1. The molecule has 0 amide bonds. The molecule has 0 saturated carbocycles. The van der Waals surface area contributed by atoms with Gasteiger partial charge in [-0.3, -0.25) is 4.90 Å². The van der Waals surface area contributed by atoms with Crippen molar-refractivity contribution < 1.29 is 5.11 Å². The molecule has 1 heterocycles. The van der Waals surface area contributed by atoms with Crippen molar-refractivity contribution in [1.29, 1.82) is 0 Å². The maximum absolute atomic E-state index is 9.79. The highest BCUT2D eigenvalue weighted by Gasteiger charge is 2.29. The summed E-state index contributed by atoms with van der Waals surface area (Å²) in [7, 11) is 0. The summed E-state index contributed by atoms with van der Waals surface area (Å²) in [4.78, 5) is 2.52. The second-order valence-electron chi connectivity index (χ2n) is 4.79. The van der Waals surface area contributed by atoms with Crippen molar-refractivity contribution in [3.63, 3.8) is 0 Å². The van der Waals surface area contributed by atoms with E-state index in [0.29, 0.717) is 17.8 Å². The number of nitrogens with zero attached hydrogens (tertiary/aromatic N) is 1. The average Bonchev–Trinajstić information content (AvgIpc) is 2.63. The molecule has 2 rings (SSSR count). The molecule has 2 atom stereocenters. The van der Waals surface area contributed by atoms with Crippen molar-refractivity contribution in [3.8, 4) is 5.75 Å². The van der Waals surface area contributed by atoms with Gasteiger partial charge in [0.2, 0.25) is 0 Å². The van der Waals surface area contributed by atoms with Crippen LogP contribution in [0.2, 0.25) is 0 Å². The van der Waals surface area contributed by atoms with E-state index in [1.54, 1.807) is 6.07 Å². The Morgan fingerprint density at radius 2 is 2.06 bits per heavy atom. The smallest absolute Gasteiger partial charge is 0.120 e. The van der Waals surface area contributed by atoms with Gasteiger partial charge in [0, 0.05) is 24.2 Å². The highest BCUT2D eigenvalue weighted by molar-refractivity contribution is 5.31. The zero-order valence-corrected chi connectivity index (χ0v) is 10.2. The first kappa shape index (κ1) is 11.5. The van der Waals surface area contributed by atoms with Gasteiger partial charge in [0.25, 0.3) is 0 Å². The van der Waals surface area contributed by atoms with Crippen LogP contribution in [0.25, 0.3) is 0 Å². The molecule has 0 bridgehead atoms. The number of aromatic hydroxyl groups is 1. The Kier molecular flexibility index (Phi) is 3.49. The number of para-hydroxylation sites is 1. The minimum atomic E-state index is 0.427. The van der Waals surface area contributed by atoms with E-state index in [0.717, 1.165) is 12.1 Å². The molecule has 1 aliphatic rings. The summed E-state index contributed by atoms with van der Waals surface area (Å²) in [5.74, 6) is 0.427. The Morgan fingerprint density at radius 1 is 1.31 bits per heavy atom. The molecule has 1 fully saturated rings. The Morgan fingerprint density at radius 3 is 2.75 bits per heavy atom. The first-order valence-electron chi connectivity index (χ1n) is 6.25. The molecule has 88 valence electrons. The summed E-state index contributed by atoms with van der Waals surface area (Å²) in [6, 6.07) is 9.00. The van der Waals surface area contributed by atoms with Crippen LogP contribution in [0, 0.1) is 0 Å². The molecule has 0 aromatic heterocycles. The lowest BCUT2D eigenvalue weighted by atomic mass is 10.1. The SMILES string of the molecule is CCC1CCC(C)N1Cc1ccccc1O. The topological polar surface area (TPSA) is 23.5 Å². The second-order valence-corrected chi connectivity index (χ2v) is 4.79. The molecule has 1 aromatic carbocycles. The molecule has 1 saturated heterocycles. The summed E-state index contributed by atoms with van der Waals surface area (Å²) in [5.41, 5.74) is 1.05. The Hall–Kier alpha value is -1.02. The molecule has 16 heavy (non-hydrogen) atoms. The van der Waals surface area contributed by atoms with Crippen LogP contribution < -0.4 is 0 Å². The van der Waals surface area contributed by atoms with E-state index in [1.807, 2.05) is 18.2 Å². The largest absolute Gasteiger partial charge is 0.508 e. The molecule has 1 aliphatic heterocycles. The highest BCUT2D eigenvalue weighted by atomic mass is 16.3. The maximum Gasteiger partial charge on any atom is 0.120 e. The van der Waals surface area contributed by atoms with Gasteiger partial charge in [-0.15, -0.1) is 0 Å². The van der Waals surface area contributed by atoms with Crippen LogP contribution in [-0.2, 0) is 6.54 Å². The zero-order valence-electron chi connectivity index (χ0n) is 10.2. The molecule has 0 aliphatic carbocycles. The van der Waals surface area contributed by atoms with Crippen LogP contribution in [0.3, 0.4) is 0 Å². The molecule has 0 spiro atoms. The van der Waals surface area contributed by atoms with Gasteiger partial charge < -0.3 is 5.11 Å². The molecular formula is C14H21NO. The molecule has 2 nitrogen and oxygen atoms in total. The summed E-state index contributed by atoms with van der Waals surface area (Å²) < 4.78 is 0. The Bertz CT molecular complexity index is 350. The van der Waals surface area contributed by atoms with E-state index in [1.165, 1.54) is 19.3 Å². The fraction of sp³-hybridized carbons (Fsp3) is 0.571. The number of phenolic OH excluding ortho intramolecular Hbond substituents is 1. The maximum atomic E-state index is 9.79. The quantitative estimate of drug-likeness (QED) is 0.844. The predicted octanol–water partition coefficient (Wildman–Crippen LogP) is 3.16. The molecule has 2 heteroatoms. The predicted molar refractivity (Wildman–Crippen MR) is 66.4 cm³/mol. The van der Waals surface area contributed by atoms with Gasteiger partial charge in [-0.25, -0.2) is 0 Å². The summed E-state index contributed by atoms with van der Waals surface area (Å²) in [6.07, 6.45) is 3.79. The number of hydrogen-bond donors (Lipinski definition) is 1. The van der Waals surface area contributed by atoms with Crippen molar-refractivity contribution in [2.45, 2.75) is 51.7 Å². The average molecular weight is 219 g/mol. The van der Waals surface area contributed by atoms with Gasteiger partial charge in [0.1, 0.15) is 5.75 Å². The zero-order chi connectivity index (χ0) is 11.5. The van der Waals surface area contributed by atoms with E-state index in [9.17, 15) is 5.11 Å². The van der Waals surface area contributed by atoms with E-state index in [2.05, 4.69) is 18.7 Å². The van der Waals surface area contributed by atoms with Crippen LogP contribution in [0.1, 0.15) is 38.7 Å². The van der Waals surface area contributed by atoms with Crippen molar-refractivity contribution in [1.82, 2.24) is 4.90 Å². The van der Waals surface area contributed by atoms with E-state index in [4.69, 9.17) is 0 Å². The lowest BCUT2D eigenvalue weighted by Gasteiger charge is -2.27. The van der Waals surface area contributed by atoms with Crippen LogP contribution in [0.5, 0.6) is 5.75 Å². The minimum absolute atomic E-state index is 0.427. The van der Waals surface area contributed by atoms with Gasteiger partial charge in [0.05, 0.1) is 0 Å². The van der Waals surface area contributed by atoms with Crippen molar-refractivity contribution in [2.75, 3.05) is 0 Å². The first-order chi connectivity index (χ1) is 7.72. The Labute approximate surface area is 97.9 Å². The third-order valence-corrected chi connectivity index (χ3v) is 3.77. The first-order valence-corrected chi connectivity index (χ1v) is 6.25. The number of likely N-dealkylation sites (tertiary alicyclic amines) is 1. The second kappa shape index (κ2) is 4.88. The van der Waals surface area contributed by atoms with Gasteiger partial charge in [-0.2, -0.15) is 0 Å². The summed E-state index contributed by atoms with van der Waals surface area (Å²) >= 11 is 0. The van der Waals surface area contributed by atoms with Crippen LogP contribution in [0.15, 0.2) is 24.3 Å². The van der Waals surface area contributed by atoms with E-state index >= 15 is 0 Å². The number of benzene rings is 1. The minimum Gasteiger partial charge on any atom is -0.508 e. The Balaban J connectivity index is 2.11. The van der Waals surface area contributed by atoms with E-state index in [-0.39, 0.29) is 0 Å². The number of phenols is 1. The lowest BCUT2D eigenvalue weighted by molar-refractivity contribution is 0.187. The third-order valence-electron chi connectivity index (χ3n) is 3.77. The van der Waals surface area contributed by atoms with Crippen LogP contribution in [-0.4, -0.2) is 22.1 Å². The lowest BCUT2D eigenvalue weighted by Crippen LogP contribution is -2.33. The number of hydrogen-bond acceptors (Lipinski definition) is 2. The highest BCUT2D eigenvalue weighted by Crippen LogP contribution is 2.29. The van der Waals surface area contributed by atoms with E-state index < -0.39 is 0 Å². The standard InChI is InChI=1S/C14H21NO/c1-3-13-9-8-11(2)15(13)10-12-6-4-5-7-14(12)16/h4-7,11,13,16H,3,8-10H2,1-2H3. The fourth-order valence-corrected chi connectivity index (χ4v) is 2.69. The molecule has 1 N–H and O–H groups in total. The van der Waals surface area contributed by atoms with Crippen LogP contribution >= 0.6 is 0 Å². The van der Waals surface area contributed by atoms with Gasteiger partial charge in [0.15, 0.2) is 0 Å². The van der Waals surface area contributed by atoms with Gasteiger partial charge in [-0.05, 0) is 32.3 Å². The van der Waals surface area contributed by atoms with Crippen molar-refractivity contribution in [2.24, 2.45) is 0 Å². The third kappa shape index (κ3) is 2.22. The van der Waals surface area contributed by atoms with Crippen LogP contribution in [0.4, 0.5) is 0 Å². The summed E-state index contributed by atoms with van der Waals surface area (Å²) in [5, 5.41) is 9.79. The van der Waals surface area contributed by atoms with Crippen molar-refractivity contribution in [3.05, 3.63) is 29.8 Å². The molecule has 1 aromatic rings. The monoisotopic (exact) mass is 219 g/mol. The fourth-order valence-electron chi connectivity index (χ4n) is 2.69. The van der Waals surface area contributed by atoms with Gasteiger partial charge >= 0.3 is 0 Å². The molecule has 2 unspecified atom stereocenters. The molecular weight excluding hydrogens is 198 g/mol. The molecule has 0 radical (unpaired) electrons. The number of rotatable bonds is 3. The van der Waals surface area contributed by atoms with Gasteiger partial charge in [-0.1, -0.05) is 25.1 Å². The van der Waals surface area contributed by atoms with Crippen molar-refractivity contribution >= 4 is 0 Å². The summed E-state index contributed by atoms with van der Waals surface area (Å²) in [6.45, 7) is 5.42.